The first-order valence-electron chi connectivity index (χ1n) is 10.7. The van der Waals surface area contributed by atoms with E-state index < -0.39 is 0 Å². The third-order valence-corrected chi connectivity index (χ3v) is 5.84. The minimum absolute atomic E-state index is 0.00582. The second-order valence-electron chi connectivity index (χ2n) is 8.12. The molecule has 33 heavy (non-hydrogen) atoms. The molecule has 0 fully saturated rings. The first kappa shape index (κ1) is 20.5. The van der Waals surface area contributed by atoms with Gasteiger partial charge in [-0.2, -0.15) is 10.4 Å². The molecule has 0 atom stereocenters. The molecule has 1 aliphatic rings. The summed E-state index contributed by atoms with van der Waals surface area (Å²) in [4.78, 5) is 14.5. The predicted octanol–water partition coefficient (Wildman–Crippen LogP) is 4.95. The number of carbonyl (C=O) groups excluding carboxylic acids is 1. The highest BCUT2D eigenvalue weighted by Crippen LogP contribution is 2.37. The molecular formula is C27H22N4O2. The van der Waals surface area contributed by atoms with E-state index in [1.54, 1.807) is 21.7 Å². The summed E-state index contributed by atoms with van der Waals surface area (Å²) in [5, 5.41) is 13.9. The Morgan fingerprint density at radius 3 is 2.70 bits per heavy atom. The van der Waals surface area contributed by atoms with Gasteiger partial charge in [0, 0.05) is 5.69 Å². The molecule has 1 aromatic heterocycles. The lowest BCUT2D eigenvalue weighted by Crippen LogP contribution is -2.38. The highest BCUT2D eigenvalue weighted by molar-refractivity contribution is 5.98. The number of hydrogen-bond acceptors (Lipinski definition) is 4. The van der Waals surface area contributed by atoms with Crippen LogP contribution in [0.1, 0.15) is 22.5 Å². The van der Waals surface area contributed by atoms with Crippen molar-refractivity contribution in [3.8, 4) is 28.6 Å². The molecule has 2 heterocycles. The van der Waals surface area contributed by atoms with Crippen molar-refractivity contribution < 1.29 is 9.53 Å². The first-order valence-corrected chi connectivity index (χ1v) is 10.7. The first-order chi connectivity index (χ1) is 16.0. The molecule has 0 radical (unpaired) electrons. The Balaban J connectivity index is 1.46. The van der Waals surface area contributed by atoms with Crippen molar-refractivity contribution in [2.45, 2.75) is 20.4 Å². The van der Waals surface area contributed by atoms with Gasteiger partial charge in [-0.3, -0.25) is 9.69 Å². The molecule has 0 spiro atoms. The number of anilines is 1. The van der Waals surface area contributed by atoms with Crippen molar-refractivity contribution in [1.29, 1.82) is 5.26 Å². The molecule has 162 valence electrons. The molecule has 5 rings (SSSR count). The van der Waals surface area contributed by atoms with E-state index >= 15 is 0 Å². The van der Waals surface area contributed by atoms with Gasteiger partial charge in [0.1, 0.15) is 5.75 Å². The second kappa shape index (κ2) is 8.29. The molecule has 3 aromatic carbocycles. The fourth-order valence-electron chi connectivity index (χ4n) is 4.19. The van der Waals surface area contributed by atoms with E-state index in [1.165, 1.54) is 5.56 Å². The number of carbonyl (C=O) groups is 1. The zero-order valence-electron chi connectivity index (χ0n) is 18.4. The van der Waals surface area contributed by atoms with E-state index in [4.69, 9.17) is 9.84 Å². The van der Waals surface area contributed by atoms with E-state index in [1.807, 2.05) is 55.5 Å². The van der Waals surface area contributed by atoms with Crippen molar-refractivity contribution in [1.82, 2.24) is 9.78 Å². The minimum atomic E-state index is -0.107. The van der Waals surface area contributed by atoms with Crippen LogP contribution in [0.2, 0.25) is 0 Å². The van der Waals surface area contributed by atoms with Crippen molar-refractivity contribution >= 4 is 11.6 Å². The lowest BCUT2D eigenvalue weighted by molar-refractivity contribution is -0.121. The number of amides is 1. The maximum Gasteiger partial charge on any atom is 0.265 e. The van der Waals surface area contributed by atoms with E-state index in [0.29, 0.717) is 17.9 Å². The number of benzene rings is 3. The second-order valence-corrected chi connectivity index (χ2v) is 8.12. The lowest BCUT2D eigenvalue weighted by atomic mass is 9.99. The molecule has 1 amide bonds. The van der Waals surface area contributed by atoms with Gasteiger partial charge in [0.25, 0.3) is 5.91 Å². The normalized spacial score (nSPS) is 12.8. The average molecular weight is 434 g/mol. The Kier molecular flexibility index (Phi) is 5.15. The van der Waals surface area contributed by atoms with Gasteiger partial charge >= 0.3 is 0 Å². The highest BCUT2D eigenvalue weighted by Gasteiger charge is 2.27. The summed E-state index contributed by atoms with van der Waals surface area (Å²) in [7, 11) is 0. The maximum atomic E-state index is 12.7. The Hall–Kier alpha value is -4.37. The van der Waals surface area contributed by atoms with Crippen LogP contribution in [0.4, 0.5) is 5.69 Å². The summed E-state index contributed by atoms with van der Waals surface area (Å²) in [6.45, 7) is 4.37. The van der Waals surface area contributed by atoms with Gasteiger partial charge in [0.15, 0.2) is 6.61 Å². The largest absolute Gasteiger partial charge is 0.482 e. The van der Waals surface area contributed by atoms with Crippen LogP contribution >= 0.6 is 0 Å². The fourth-order valence-corrected chi connectivity index (χ4v) is 4.19. The Morgan fingerprint density at radius 1 is 1.03 bits per heavy atom. The van der Waals surface area contributed by atoms with Gasteiger partial charge in [0.2, 0.25) is 0 Å². The topological polar surface area (TPSA) is 71.2 Å². The number of fused-ring (bicyclic) bond motifs is 1. The average Bonchev–Trinajstić information content (AvgIpc) is 3.21. The van der Waals surface area contributed by atoms with Gasteiger partial charge < -0.3 is 4.74 Å². The Labute approximate surface area is 192 Å². The third-order valence-electron chi connectivity index (χ3n) is 5.84. The number of nitrogens with zero attached hydrogens (tertiary/aromatic N) is 4. The number of nitriles is 1. The predicted molar refractivity (Wildman–Crippen MR) is 126 cm³/mol. The van der Waals surface area contributed by atoms with E-state index in [0.717, 1.165) is 33.9 Å². The van der Waals surface area contributed by atoms with Crippen molar-refractivity contribution in [2.75, 3.05) is 11.5 Å². The number of aryl methyl sites for hydroxylation is 2. The molecule has 0 N–H and O–H groups in total. The van der Waals surface area contributed by atoms with Gasteiger partial charge in [-0.1, -0.05) is 36.4 Å². The zero-order chi connectivity index (χ0) is 22.9. The Bertz CT molecular complexity index is 1410. The van der Waals surface area contributed by atoms with Crippen LogP contribution in [0.5, 0.6) is 5.75 Å². The quantitative estimate of drug-likeness (QED) is 0.455. The summed E-state index contributed by atoms with van der Waals surface area (Å²) < 4.78 is 7.58. The third kappa shape index (κ3) is 3.85. The van der Waals surface area contributed by atoms with Crippen molar-refractivity contribution in [2.24, 2.45) is 0 Å². The summed E-state index contributed by atoms with van der Waals surface area (Å²) in [5.41, 5.74) is 7.19. The van der Waals surface area contributed by atoms with Crippen LogP contribution in [0, 0.1) is 25.2 Å². The molecule has 0 unspecified atom stereocenters. The summed E-state index contributed by atoms with van der Waals surface area (Å²) in [6.07, 6.45) is 0. The minimum Gasteiger partial charge on any atom is -0.482 e. The van der Waals surface area contributed by atoms with Crippen LogP contribution in [0.25, 0.3) is 16.8 Å². The van der Waals surface area contributed by atoms with Crippen LogP contribution in [0.15, 0.2) is 72.8 Å². The molecule has 1 aliphatic heterocycles. The molecule has 6 nitrogen and oxygen atoms in total. The highest BCUT2D eigenvalue weighted by atomic mass is 16.5. The zero-order valence-corrected chi connectivity index (χ0v) is 18.4. The lowest BCUT2D eigenvalue weighted by Gasteiger charge is -2.29. The van der Waals surface area contributed by atoms with Gasteiger partial charge in [-0.25, -0.2) is 4.68 Å². The molecular weight excluding hydrogens is 412 g/mol. The number of aromatic nitrogens is 2. The van der Waals surface area contributed by atoms with E-state index in [2.05, 4.69) is 25.1 Å². The molecule has 4 aromatic rings. The molecule has 0 saturated carbocycles. The molecule has 0 saturated heterocycles. The van der Waals surface area contributed by atoms with Gasteiger partial charge in [-0.15, -0.1) is 0 Å². The number of rotatable bonds is 4. The van der Waals surface area contributed by atoms with Gasteiger partial charge in [0.05, 0.1) is 35.2 Å². The van der Waals surface area contributed by atoms with Gasteiger partial charge in [-0.05, 0) is 66.9 Å². The monoisotopic (exact) mass is 434 g/mol. The van der Waals surface area contributed by atoms with Crippen LogP contribution in [0.3, 0.4) is 0 Å². The summed E-state index contributed by atoms with van der Waals surface area (Å²) in [5.74, 6) is 0.582. The maximum absolute atomic E-state index is 12.7. The molecule has 0 bridgehead atoms. The summed E-state index contributed by atoms with van der Waals surface area (Å²) >= 11 is 0. The van der Waals surface area contributed by atoms with E-state index in [-0.39, 0.29) is 12.5 Å². The fraction of sp³-hybridized carbons (Fsp3) is 0.148. The van der Waals surface area contributed by atoms with Crippen LogP contribution in [-0.4, -0.2) is 22.3 Å². The summed E-state index contributed by atoms with van der Waals surface area (Å²) in [6, 6.07) is 25.6. The smallest absolute Gasteiger partial charge is 0.265 e. The Morgan fingerprint density at radius 2 is 1.88 bits per heavy atom. The molecule has 0 aliphatic carbocycles. The van der Waals surface area contributed by atoms with Crippen molar-refractivity contribution in [3.05, 3.63) is 95.3 Å². The molecule has 6 heteroatoms. The number of ether oxygens (including phenoxy) is 1. The van der Waals surface area contributed by atoms with E-state index in [9.17, 15) is 10.1 Å². The van der Waals surface area contributed by atoms with Crippen molar-refractivity contribution in [3.63, 3.8) is 0 Å². The number of hydrogen-bond donors (Lipinski definition) is 0. The standard InChI is InChI=1S/C27H22N4O2/c1-18-6-3-4-9-24(18)21-10-11-25-26(14-21)33-17-27(32)30(25)16-22-12-19(2)31(29-22)23-8-5-7-20(13-23)15-28/h3-14H,16-17H2,1-2H3. The van der Waals surface area contributed by atoms with Crippen LogP contribution < -0.4 is 9.64 Å². The SMILES string of the molecule is Cc1ccccc1-c1ccc2c(c1)OCC(=O)N2Cc1cc(C)n(-c2cccc(C#N)c2)n1. The van der Waals surface area contributed by atoms with Crippen LogP contribution in [-0.2, 0) is 11.3 Å².